The van der Waals surface area contributed by atoms with Crippen LogP contribution in [0.5, 0.6) is 5.75 Å². The third-order valence-corrected chi connectivity index (χ3v) is 4.22. The molecule has 114 valence electrons. The van der Waals surface area contributed by atoms with Crippen LogP contribution in [0.1, 0.15) is 6.42 Å². The first-order valence-corrected chi connectivity index (χ1v) is 7.78. The van der Waals surface area contributed by atoms with Crippen molar-refractivity contribution in [2.75, 3.05) is 31.8 Å². The molecule has 21 heavy (non-hydrogen) atoms. The van der Waals surface area contributed by atoms with Gasteiger partial charge in [-0.3, -0.25) is 4.79 Å². The molecule has 0 bridgehead atoms. The smallest absolute Gasteiger partial charge is 0.321 e. The Bertz CT molecular complexity index is 550. The molecular weight excluding hydrogens is 292 g/mol. The van der Waals surface area contributed by atoms with Crippen LogP contribution in [0.4, 0.5) is 10.5 Å². The molecular formula is C14H18N2O4S. The number of amides is 2. The van der Waals surface area contributed by atoms with Crippen LogP contribution in [0, 0.1) is 5.92 Å². The molecule has 1 aromatic rings. The zero-order chi connectivity index (χ0) is 15.4. The number of nitrogens with one attached hydrogen (secondary N) is 1. The fraction of sp³-hybridized carbons (Fsp3) is 0.429. The minimum atomic E-state index is -0.848. The second-order valence-electron chi connectivity index (χ2n) is 4.77. The fourth-order valence-electron chi connectivity index (χ4n) is 2.26. The molecule has 2 N–H and O–H groups in total. The van der Waals surface area contributed by atoms with Crippen molar-refractivity contribution in [3.8, 4) is 5.75 Å². The zero-order valence-electron chi connectivity index (χ0n) is 12.0. The van der Waals surface area contributed by atoms with Gasteiger partial charge in [-0.05, 0) is 30.9 Å². The van der Waals surface area contributed by atoms with Gasteiger partial charge in [0.2, 0.25) is 0 Å². The molecule has 1 aliphatic heterocycles. The lowest BCUT2D eigenvalue weighted by Gasteiger charge is -2.17. The third kappa shape index (κ3) is 3.60. The highest BCUT2D eigenvalue weighted by Crippen LogP contribution is 2.30. The minimum Gasteiger partial charge on any atom is -0.496 e. The molecule has 0 radical (unpaired) electrons. The lowest BCUT2D eigenvalue weighted by atomic mass is 10.1. The van der Waals surface area contributed by atoms with Crippen molar-refractivity contribution in [3.63, 3.8) is 0 Å². The number of anilines is 1. The van der Waals surface area contributed by atoms with E-state index in [0.29, 0.717) is 18.7 Å². The minimum absolute atomic E-state index is 0.257. The van der Waals surface area contributed by atoms with Gasteiger partial charge < -0.3 is 20.1 Å². The average Bonchev–Trinajstić information content (AvgIpc) is 2.97. The number of nitrogens with zero attached hydrogens (tertiary/aromatic N) is 1. The van der Waals surface area contributed by atoms with Crippen LogP contribution in [-0.4, -0.2) is 48.5 Å². The summed E-state index contributed by atoms with van der Waals surface area (Å²) in [4.78, 5) is 25.5. The Balaban J connectivity index is 2.02. The van der Waals surface area contributed by atoms with Gasteiger partial charge in [0.1, 0.15) is 5.75 Å². The Kier molecular flexibility index (Phi) is 4.95. The summed E-state index contributed by atoms with van der Waals surface area (Å²) < 4.78 is 5.23. The number of aliphatic carboxylic acids is 1. The first kappa shape index (κ1) is 15.5. The number of methoxy groups -OCH3 is 1. The molecule has 2 rings (SSSR count). The summed E-state index contributed by atoms with van der Waals surface area (Å²) >= 11 is 1.53. The maximum atomic E-state index is 12.1. The van der Waals surface area contributed by atoms with Crippen LogP contribution in [0.3, 0.4) is 0 Å². The Morgan fingerprint density at radius 2 is 2.24 bits per heavy atom. The molecule has 1 saturated heterocycles. The van der Waals surface area contributed by atoms with Crippen LogP contribution in [0.2, 0.25) is 0 Å². The summed E-state index contributed by atoms with van der Waals surface area (Å²) in [5.41, 5.74) is 0.670. The van der Waals surface area contributed by atoms with Gasteiger partial charge in [0.25, 0.3) is 0 Å². The highest BCUT2D eigenvalue weighted by atomic mass is 32.2. The van der Waals surface area contributed by atoms with Crippen LogP contribution in [0.25, 0.3) is 0 Å². The zero-order valence-corrected chi connectivity index (χ0v) is 12.8. The monoisotopic (exact) mass is 310 g/mol. The van der Waals surface area contributed by atoms with Crippen LogP contribution in [0.15, 0.2) is 23.1 Å². The predicted molar refractivity (Wildman–Crippen MR) is 81.1 cm³/mol. The van der Waals surface area contributed by atoms with Crippen molar-refractivity contribution in [3.05, 3.63) is 18.2 Å². The van der Waals surface area contributed by atoms with Gasteiger partial charge >= 0.3 is 12.0 Å². The number of thioether (sulfide) groups is 1. The summed E-state index contributed by atoms with van der Waals surface area (Å²) in [6.07, 6.45) is 2.43. The number of carboxylic acids is 1. The first-order valence-electron chi connectivity index (χ1n) is 6.56. The summed E-state index contributed by atoms with van der Waals surface area (Å²) in [5, 5.41) is 11.7. The number of ether oxygens (including phenoxy) is 1. The summed E-state index contributed by atoms with van der Waals surface area (Å²) in [5.74, 6) is -0.555. The van der Waals surface area contributed by atoms with E-state index in [1.54, 1.807) is 19.2 Å². The number of rotatable bonds is 4. The van der Waals surface area contributed by atoms with Crippen molar-refractivity contribution in [1.29, 1.82) is 0 Å². The molecule has 0 aromatic heterocycles. The van der Waals surface area contributed by atoms with Crippen LogP contribution < -0.4 is 10.1 Å². The Morgan fingerprint density at radius 3 is 2.81 bits per heavy atom. The highest BCUT2D eigenvalue weighted by molar-refractivity contribution is 7.98. The van der Waals surface area contributed by atoms with Crippen molar-refractivity contribution in [2.45, 2.75) is 11.3 Å². The van der Waals surface area contributed by atoms with E-state index in [0.717, 1.165) is 10.6 Å². The van der Waals surface area contributed by atoms with Gasteiger partial charge in [0.15, 0.2) is 0 Å². The Hall–Kier alpha value is -1.89. The molecule has 1 unspecified atom stereocenters. The van der Waals surface area contributed by atoms with Crippen molar-refractivity contribution < 1.29 is 19.4 Å². The molecule has 1 aliphatic rings. The van der Waals surface area contributed by atoms with E-state index in [9.17, 15) is 9.59 Å². The summed E-state index contributed by atoms with van der Waals surface area (Å²) in [6.45, 7) is 0.723. The van der Waals surface area contributed by atoms with Crippen LogP contribution in [-0.2, 0) is 4.79 Å². The topological polar surface area (TPSA) is 78.9 Å². The summed E-state index contributed by atoms with van der Waals surface area (Å²) in [7, 11) is 1.60. The second-order valence-corrected chi connectivity index (χ2v) is 5.62. The van der Waals surface area contributed by atoms with E-state index < -0.39 is 11.9 Å². The lowest BCUT2D eigenvalue weighted by Crippen LogP contribution is -2.33. The SMILES string of the molecule is COc1ccc(NC(=O)N2CCC(C(=O)O)C2)cc1SC. The Labute approximate surface area is 127 Å². The number of hydrogen-bond acceptors (Lipinski definition) is 4. The van der Waals surface area contributed by atoms with Gasteiger partial charge in [-0.2, -0.15) is 0 Å². The maximum absolute atomic E-state index is 12.1. The molecule has 0 aliphatic carbocycles. The number of urea groups is 1. The molecule has 0 saturated carbocycles. The van der Waals surface area contributed by atoms with Gasteiger partial charge in [-0.1, -0.05) is 0 Å². The molecule has 1 fully saturated rings. The van der Waals surface area contributed by atoms with Gasteiger partial charge in [0.05, 0.1) is 17.9 Å². The van der Waals surface area contributed by atoms with Gasteiger partial charge in [-0.15, -0.1) is 11.8 Å². The molecule has 1 heterocycles. The standard InChI is InChI=1S/C14H18N2O4S/c1-20-11-4-3-10(7-12(11)21-2)15-14(19)16-6-5-9(8-16)13(17)18/h3-4,7,9H,5-6,8H2,1-2H3,(H,15,19)(H,17,18). The summed E-state index contributed by atoms with van der Waals surface area (Å²) in [6, 6.07) is 5.13. The number of carbonyl (C=O) groups excluding carboxylic acids is 1. The van der Waals surface area contributed by atoms with Crippen molar-refractivity contribution >= 4 is 29.4 Å². The molecule has 1 aromatic carbocycles. The third-order valence-electron chi connectivity index (χ3n) is 3.46. The van der Waals surface area contributed by atoms with E-state index in [1.807, 2.05) is 12.3 Å². The highest BCUT2D eigenvalue weighted by Gasteiger charge is 2.30. The number of carboxylic acid groups (broad SMARTS) is 1. The average molecular weight is 310 g/mol. The van der Waals surface area contributed by atoms with Gasteiger partial charge in [-0.25, -0.2) is 4.79 Å². The normalized spacial score (nSPS) is 17.6. The molecule has 2 amide bonds. The predicted octanol–water partition coefficient (Wildman–Crippen LogP) is 2.36. The Morgan fingerprint density at radius 1 is 1.48 bits per heavy atom. The number of carbonyl (C=O) groups is 2. The lowest BCUT2D eigenvalue weighted by molar-refractivity contribution is -0.141. The quantitative estimate of drug-likeness (QED) is 0.835. The van der Waals surface area contributed by atoms with E-state index in [4.69, 9.17) is 9.84 Å². The first-order chi connectivity index (χ1) is 10.0. The fourth-order valence-corrected chi connectivity index (χ4v) is 2.86. The number of hydrogen-bond donors (Lipinski definition) is 2. The van der Waals surface area contributed by atoms with Crippen molar-refractivity contribution in [1.82, 2.24) is 4.90 Å². The molecule has 7 heteroatoms. The molecule has 0 spiro atoms. The largest absolute Gasteiger partial charge is 0.496 e. The van der Waals surface area contributed by atoms with E-state index in [1.165, 1.54) is 16.7 Å². The number of benzene rings is 1. The number of likely N-dealkylation sites (tertiary alicyclic amines) is 1. The van der Waals surface area contributed by atoms with Gasteiger partial charge in [0, 0.05) is 18.8 Å². The van der Waals surface area contributed by atoms with Crippen LogP contribution >= 0.6 is 11.8 Å². The van der Waals surface area contributed by atoms with E-state index in [2.05, 4.69) is 5.32 Å². The molecule has 1 atom stereocenters. The second kappa shape index (κ2) is 6.71. The molecule has 6 nitrogen and oxygen atoms in total. The van der Waals surface area contributed by atoms with E-state index >= 15 is 0 Å². The van der Waals surface area contributed by atoms with E-state index in [-0.39, 0.29) is 12.6 Å². The maximum Gasteiger partial charge on any atom is 0.321 e. The van der Waals surface area contributed by atoms with Crippen molar-refractivity contribution in [2.24, 2.45) is 5.92 Å².